The van der Waals surface area contributed by atoms with Gasteiger partial charge in [0.1, 0.15) is 6.54 Å². The van der Waals surface area contributed by atoms with Gasteiger partial charge in [-0.05, 0) is 20.0 Å². The smallest absolute Gasteiger partial charge is 0.273 e. The fraction of sp³-hybridized carbons (Fsp3) is 0.500. The van der Waals surface area contributed by atoms with Gasteiger partial charge in [0.05, 0.1) is 19.7 Å². The summed E-state index contributed by atoms with van der Waals surface area (Å²) in [6, 6.07) is 5.06. The van der Waals surface area contributed by atoms with Crippen LogP contribution >= 0.6 is 0 Å². The van der Waals surface area contributed by atoms with Crippen molar-refractivity contribution in [1.82, 2.24) is 29.3 Å². The maximum atomic E-state index is 12.8. The van der Waals surface area contributed by atoms with Crippen molar-refractivity contribution in [3.05, 3.63) is 34.2 Å². The van der Waals surface area contributed by atoms with Gasteiger partial charge in [0.15, 0.2) is 17.1 Å². The van der Waals surface area contributed by atoms with E-state index in [9.17, 15) is 9.59 Å². The molecular weight excluding hydrogens is 412 g/mol. The number of rotatable bonds is 7. The number of likely N-dealkylation sites (N-methyl/N-ethyl adjacent to an activating group) is 1. The maximum Gasteiger partial charge on any atom is 0.273 e. The Bertz CT molecular complexity index is 1190. The molecule has 2 aromatic heterocycles. The first kappa shape index (κ1) is 22.1. The molecule has 1 fully saturated rings. The van der Waals surface area contributed by atoms with Gasteiger partial charge in [-0.25, -0.2) is 4.52 Å². The van der Waals surface area contributed by atoms with E-state index in [2.05, 4.69) is 27.1 Å². The Morgan fingerprint density at radius 3 is 2.47 bits per heavy atom. The van der Waals surface area contributed by atoms with E-state index < -0.39 is 0 Å². The first-order chi connectivity index (χ1) is 15.4. The SMILES string of the molecule is COc1cc2c(cc1OC)n(CC(=O)NCCN1CCN(C)CC1)n1c(C)cc(=O)nc21. The molecule has 0 spiro atoms. The van der Waals surface area contributed by atoms with Crippen molar-refractivity contribution in [3.63, 3.8) is 0 Å². The summed E-state index contributed by atoms with van der Waals surface area (Å²) in [5.41, 5.74) is 1.58. The van der Waals surface area contributed by atoms with Crippen LogP contribution < -0.4 is 20.3 Å². The summed E-state index contributed by atoms with van der Waals surface area (Å²) in [5, 5.41) is 3.74. The molecule has 1 amide bonds. The topological polar surface area (TPSA) is 93.3 Å². The van der Waals surface area contributed by atoms with Crippen LogP contribution in [0.25, 0.3) is 16.6 Å². The van der Waals surface area contributed by atoms with Gasteiger partial charge < -0.3 is 19.7 Å². The highest BCUT2D eigenvalue weighted by Crippen LogP contribution is 2.34. The van der Waals surface area contributed by atoms with Gasteiger partial charge in [-0.1, -0.05) is 0 Å². The Morgan fingerprint density at radius 2 is 1.78 bits per heavy atom. The summed E-state index contributed by atoms with van der Waals surface area (Å²) in [6.07, 6.45) is 0. The van der Waals surface area contributed by atoms with Crippen LogP contribution in [0, 0.1) is 6.92 Å². The van der Waals surface area contributed by atoms with E-state index in [-0.39, 0.29) is 18.0 Å². The van der Waals surface area contributed by atoms with Crippen LogP contribution in [0.4, 0.5) is 0 Å². The molecule has 172 valence electrons. The zero-order valence-corrected chi connectivity index (χ0v) is 19.1. The number of aryl methyl sites for hydroxylation is 1. The molecule has 0 bridgehead atoms. The minimum Gasteiger partial charge on any atom is -0.493 e. The van der Waals surface area contributed by atoms with Gasteiger partial charge in [-0.15, -0.1) is 0 Å². The molecule has 4 rings (SSSR count). The number of hydrogen-bond acceptors (Lipinski definition) is 7. The number of carbonyl (C=O) groups excluding carboxylic acids is 1. The van der Waals surface area contributed by atoms with Crippen molar-refractivity contribution in [2.24, 2.45) is 0 Å². The third-order valence-corrected chi connectivity index (χ3v) is 5.98. The summed E-state index contributed by atoms with van der Waals surface area (Å²) < 4.78 is 14.5. The van der Waals surface area contributed by atoms with Gasteiger partial charge in [0.25, 0.3) is 5.56 Å². The Balaban J connectivity index is 1.61. The van der Waals surface area contributed by atoms with Gasteiger partial charge in [-0.2, -0.15) is 4.98 Å². The molecule has 1 aliphatic heterocycles. The number of hydrogen-bond donors (Lipinski definition) is 1. The molecule has 1 N–H and O–H groups in total. The highest BCUT2D eigenvalue weighted by atomic mass is 16.5. The molecule has 3 heterocycles. The minimum absolute atomic E-state index is 0.0869. The number of methoxy groups -OCH3 is 2. The molecule has 1 aliphatic rings. The van der Waals surface area contributed by atoms with Crippen LogP contribution in [-0.4, -0.2) is 90.4 Å². The van der Waals surface area contributed by atoms with Crippen LogP contribution in [0.5, 0.6) is 11.5 Å². The molecule has 0 unspecified atom stereocenters. The number of nitrogens with zero attached hydrogens (tertiary/aromatic N) is 5. The number of nitrogens with one attached hydrogen (secondary N) is 1. The van der Waals surface area contributed by atoms with Crippen LogP contribution in [0.2, 0.25) is 0 Å². The number of amides is 1. The number of piperazine rings is 1. The summed E-state index contributed by atoms with van der Waals surface area (Å²) in [5.74, 6) is 0.970. The lowest BCUT2D eigenvalue weighted by atomic mass is 10.2. The summed E-state index contributed by atoms with van der Waals surface area (Å²) >= 11 is 0. The first-order valence-corrected chi connectivity index (χ1v) is 10.7. The fourth-order valence-corrected chi connectivity index (χ4v) is 4.21. The highest BCUT2D eigenvalue weighted by Gasteiger charge is 2.19. The third kappa shape index (κ3) is 4.28. The van der Waals surface area contributed by atoms with E-state index in [4.69, 9.17) is 9.47 Å². The van der Waals surface area contributed by atoms with Crippen molar-refractivity contribution < 1.29 is 14.3 Å². The van der Waals surface area contributed by atoms with Crippen molar-refractivity contribution in [1.29, 1.82) is 0 Å². The average Bonchev–Trinajstić information content (AvgIpc) is 3.06. The third-order valence-electron chi connectivity index (χ3n) is 5.98. The molecule has 0 aliphatic carbocycles. The number of carbonyl (C=O) groups is 1. The van der Waals surface area contributed by atoms with E-state index in [1.54, 1.807) is 24.8 Å². The molecule has 10 heteroatoms. The quantitative estimate of drug-likeness (QED) is 0.564. The second kappa shape index (κ2) is 9.17. The summed E-state index contributed by atoms with van der Waals surface area (Å²) in [6.45, 7) is 7.44. The fourth-order valence-electron chi connectivity index (χ4n) is 4.21. The Morgan fingerprint density at radius 1 is 1.09 bits per heavy atom. The highest BCUT2D eigenvalue weighted by molar-refractivity contribution is 5.96. The number of aromatic nitrogens is 3. The standard InChI is InChI=1S/C22H30N6O4/c1-15-11-20(29)24-22-16-12-18(31-3)19(32-4)13-17(16)27(28(15)22)14-21(30)23-5-6-26-9-7-25(2)8-10-26/h11-13H,5-10,14H2,1-4H3,(H,23,30). The molecule has 0 radical (unpaired) electrons. The van der Waals surface area contributed by atoms with E-state index in [0.29, 0.717) is 34.8 Å². The van der Waals surface area contributed by atoms with Gasteiger partial charge in [0.2, 0.25) is 5.91 Å². The van der Waals surface area contributed by atoms with E-state index in [0.717, 1.165) is 38.2 Å². The van der Waals surface area contributed by atoms with Crippen LogP contribution in [-0.2, 0) is 11.3 Å². The van der Waals surface area contributed by atoms with Gasteiger partial charge in [-0.3, -0.25) is 19.2 Å². The average molecular weight is 443 g/mol. The second-order valence-corrected chi connectivity index (χ2v) is 8.15. The zero-order valence-electron chi connectivity index (χ0n) is 19.1. The Labute approximate surface area is 186 Å². The van der Waals surface area contributed by atoms with Crippen molar-refractivity contribution in [2.75, 3.05) is 60.5 Å². The first-order valence-electron chi connectivity index (χ1n) is 10.7. The van der Waals surface area contributed by atoms with Gasteiger partial charge in [0, 0.05) is 62.5 Å². The van der Waals surface area contributed by atoms with Crippen molar-refractivity contribution >= 4 is 22.5 Å². The van der Waals surface area contributed by atoms with E-state index >= 15 is 0 Å². The monoisotopic (exact) mass is 442 g/mol. The number of benzene rings is 1. The normalized spacial score (nSPS) is 15.4. The van der Waals surface area contributed by atoms with Crippen LogP contribution in [0.1, 0.15) is 5.69 Å². The summed E-state index contributed by atoms with van der Waals surface area (Å²) in [7, 11) is 5.25. The largest absolute Gasteiger partial charge is 0.493 e. The predicted molar refractivity (Wildman–Crippen MR) is 122 cm³/mol. The summed E-state index contributed by atoms with van der Waals surface area (Å²) in [4.78, 5) is 33.8. The lowest BCUT2D eigenvalue weighted by molar-refractivity contribution is -0.121. The molecule has 0 atom stereocenters. The lowest BCUT2D eigenvalue weighted by Crippen LogP contribution is -2.47. The molecule has 10 nitrogen and oxygen atoms in total. The zero-order chi connectivity index (χ0) is 22.8. The molecule has 1 aromatic carbocycles. The number of ether oxygens (including phenoxy) is 2. The lowest BCUT2D eigenvalue weighted by Gasteiger charge is -2.32. The number of fused-ring (bicyclic) bond motifs is 3. The Hall–Kier alpha value is -3.11. The molecule has 32 heavy (non-hydrogen) atoms. The van der Waals surface area contributed by atoms with E-state index in [1.165, 1.54) is 6.07 Å². The van der Waals surface area contributed by atoms with Crippen molar-refractivity contribution in [2.45, 2.75) is 13.5 Å². The second-order valence-electron chi connectivity index (χ2n) is 8.15. The molecule has 0 saturated carbocycles. The predicted octanol–water partition coefficient (Wildman–Crippen LogP) is 0.338. The molecular formula is C22H30N6O4. The Kier molecular flexibility index (Phi) is 6.33. The molecule has 3 aromatic rings. The van der Waals surface area contributed by atoms with E-state index in [1.807, 2.05) is 17.7 Å². The van der Waals surface area contributed by atoms with Crippen LogP contribution in [0.15, 0.2) is 23.0 Å². The van der Waals surface area contributed by atoms with Gasteiger partial charge >= 0.3 is 0 Å². The minimum atomic E-state index is -0.326. The van der Waals surface area contributed by atoms with Crippen LogP contribution in [0.3, 0.4) is 0 Å². The maximum absolute atomic E-state index is 12.8. The van der Waals surface area contributed by atoms with Crippen molar-refractivity contribution in [3.8, 4) is 11.5 Å². The molecule has 1 saturated heterocycles.